The fraction of sp³-hybridized carbons (Fsp3) is 0.571. The summed E-state index contributed by atoms with van der Waals surface area (Å²) in [6.45, 7) is 6.10. The van der Waals surface area contributed by atoms with Crippen molar-refractivity contribution in [3.63, 3.8) is 0 Å². The summed E-state index contributed by atoms with van der Waals surface area (Å²) in [4.78, 5) is 0. The first-order valence-electron chi connectivity index (χ1n) is 5.91. The van der Waals surface area contributed by atoms with E-state index < -0.39 is 6.10 Å². The molecule has 2 nitrogen and oxygen atoms in total. The van der Waals surface area contributed by atoms with Gasteiger partial charge in [-0.2, -0.15) is 0 Å². The second-order valence-electron chi connectivity index (χ2n) is 5.65. The molecule has 1 atom stereocenters. The van der Waals surface area contributed by atoms with Gasteiger partial charge in [0.05, 0.1) is 12.2 Å². The number of aliphatic hydroxyl groups excluding tert-OH is 1. The molecular formula is C14H20O2. The van der Waals surface area contributed by atoms with Crippen molar-refractivity contribution in [2.24, 2.45) is 5.41 Å². The molecular weight excluding hydrogens is 200 g/mol. The van der Waals surface area contributed by atoms with Crippen molar-refractivity contribution >= 4 is 0 Å². The molecule has 1 aliphatic rings. The maximum absolute atomic E-state index is 10.1. The highest BCUT2D eigenvalue weighted by Gasteiger charge is 2.25. The van der Waals surface area contributed by atoms with Crippen LogP contribution >= 0.6 is 0 Å². The first kappa shape index (κ1) is 11.5. The number of aliphatic hydroxyl groups is 1. The van der Waals surface area contributed by atoms with Gasteiger partial charge in [0, 0.05) is 0 Å². The first-order chi connectivity index (χ1) is 7.47. The Balaban J connectivity index is 2.05. The molecule has 1 aromatic carbocycles. The van der Waals surface area contributed by atoms with Gasteiger partial charge in [0.2, 0.25) is 0 Å². The average Bonchev–Trinajstić information content (AvgIpc) is 3.00. The van der Waals surface area contributed by atoms with E-state index >= 15 is 0 Å². The van der Waals surface area contributed by atoms with Crippen LogP contribution in [0, 0.1) is 5.41 Å². The van der Waals surface area contributed by atoms with E-state index in [2.05, 4.69) is 0 Å². The van der Waals surface area contributed by atoms with Crippen molar-refractivity contribution in [3.8, 4) is 5.75 Å². The van der Waals surface area contributed by atoms with Crippen molar-refractivity contribution in [1.82, 2.24) is 0 Å². The molecule has 0 aromatic heterocycles. The highest BCUT2D eigenvalue weighted by molar-refractivity contribution is 5.29. The lowest BCUT2D eigenvalue weighted by Gasteiger charge is -2.26. The predicted octanol–water partition coefficient (Wildman–Crippen LogP) is 3.31. The third kappa shape index (κ3) is 2.76. The highest BCUT2D eigenvalue weighted by atomic mass is 16.5. The Hall–Kier alpha value is -1.02. The van der Waals surface area contributed by atoms with Gasteiger partial charge in [-0.3, -0.25) is 0 Å². The molecule has 2 heteroatoms. The van der Waals surface area contributed by atoms with Crippen molar-refractivity contribution in [1.29, 1.82) is 0 Å². The fourth-order valence-electron chi connectivity index (χ4n) is 1.61. The molecule has 1 aliphatic carbocycles. The monoisotopic (exact) mass is 220 g/mol. The summed E-state index contributed by atoms with van der Waals surface area (Å²) in [5, 5.41) is 10.1. The zero-order valence-corrected chi connectivity index (χ0v) is 10.2. The zero-order valence-electron chi connectivity index (χ0n) is 10.2. The standard InChI is InChI=1S/C14H20O2/c1-14(2,3)13(15)10-4-6-11(7-5-10)16-12-8-9-12/h4-7,12-13,15H,8-9H2,1-3H3. The third-order valence-corrected chi connectivity index (χ3v) is 2.84. The topological polar surface area (TPSA) is 29.5 Å². The molecule has 0 spiro atoms. The molecule has 1 unspecified atom stereocenters. The largest absolute Gasteiger partial charge is 0.490 e. The number of rotatable bonds is 3. The summed E-state index contributed by atoms with van der Waals surface area (Å²) in [6, 6.07) is 7.80. The van der Waals surface area contributed by atoms with Gasteiger partial charge in [-0.15, -0.1) is 0 Å². The Bertz CT molecular complexity index is 344. The van der Waals surface area contributed by atoms with Crippen LogP contribution in [0.1, 0.15) is 45.3 Å². The van der Waals surface area contributed by atoms with Crippen LogP contribution in [0.2, 0.25) is 0 Å². The molecule has 1 saturated carbocycles. The van der Waals surface area contributed by atoms with E-state index in [0.29, 0.717) is 6.10 Å². The van der Waals surface area contributed by atoms with Crippen molar-refractivity contribution in [2.45, 2.75) is 45.8 Å². The maximum Gasteiger partial charge on any atom is 0.119 e. The van der Waals surface area contributed by atoms with E-state index in [-0.39, 0.29) is 5.41 Å². The van der Waals surface area contributed by atoms with E-state index in [1.807, 2.05) is 45.0 Å². The van der Waals surface area contributed by atoms with E-state index in [0.717, 1.165) is 11.3 Å². The van der Waals surface area contributed by atoms with E-state index in [1.165, 1.54) is 12.8 Å². The first-order valence-corrected chi connectivity index (χ1v) is 5.91. The predicted molar refractivity (Wildman–Crippen MR) is 64.5 cm³/mol. The van der Waals surface area contributed by atoms with Crippen LogP contribution in [0.3, 0.4) is 0 Å². The number of ether oxygens (including phenoxy) is 1. The van der Waals surface area contributed by atoms with Gasteiger partial charge in [0.1, 0.15) is 5.75 Å². The molecule has 1 fully saturated rings. The summed E-state index contributed by atoms with van der Waals surface area (Å²) in [6.07, 6.45) is 2.35. The van der Waals surface area contributed by atoms with Crippen LogP contribution in [-0.2, 0) is 0 Å². The average molecular weight is 220 g/mol. The van der Waals surface area contributed by atoms with Crippen LogP contribution < -0.4 is 4.74 Å². The molecule has 0 saturated heterocycles. The Morgan fingerprint density at radius 3 is 2.19 bits per heavy atom. The Labute approximate surface area is 97.3 Å². The highest BCUT2D eigenvalue weighted by Crippen LogP contribution is 2.34. The fourth-order valence-corrected chi connectivity index (χ4v) is 1.61. The second kappa shape index (κ2) is 4.10. The number of hydrogen-bond acceptors (Lipinski definition) is 2. The Kier molecular flexibility index (Phi) is 2.94. The lowest BCUT2D eigenvalue weighted by atomic mass is 9.85. The summed E-state index contributed by atoms with van der Waals surface area (Å²) in [5.74, 6) is 0.910. The quantitative estimate of drug-likeness (QED) is 0.846. The maximum atomic E-state index is 10.1. The minimum absolute atomic E-state index is 0.126. The lowest BCUT2D eigenvalue weighted by molar-refractivity contribution is 0.0626. The molecule has 0 aliphatic heterocycles. The summed E-state index contributed by atoms with van der Waals surface area (Å²) in [7, 11) is 0. The Morgan fingerprint density at radius 2 is 1.75 bits per heavy atom. The normalized spacial score (nSPS) is 18.2. The van der Waals surface area contributed by atoms with Gasteiger partial charge < -0.3 is 9.84 Å². The lowest BCUT2D eigenvalue weighted by Crippen LogP contribution is -2.17. The summed E-state index contributed by atoms with van der Waals surface area (Å²) < 4.78 is 5.66. The molecule has 0 bridgehead atoms. The minimum Gasteiger partial charge on any atom is -0.490 e. The van der Waals surface area contributed by atoms with Gasteiger partial charge in [-0.25, -0.2) is 0 Å². The van der Waals surface area contributed by atoms with Gasteiger partial charge in [-0.05, 0) is 36.0 Å². The van der Waals surface area contributed by atoms with Gasteiger partial charge in [0.25, 0.3) is 0 Å². The van der Waals surface area contributed by atoms with Gasteiger partial charge >= 0.3 is 0 Å². The Morgan fingerprint density at radius 1 is 1.19 bits per heavy atom. The summed E-state index contributed by atoms with van der Waals surface area (Å²) >= 11 is 0. The molecule has 0 heterocycles. The number of hydrogen-bond donors (Lipinski definition) is 1. The van der Waals surface area contributed by atoms with Crippen LogP contribution in [0.4, 0.5) is 0 Å². The molecule has 2 rings (SSSR count). The smallest absolute Gasteiger partial charge is 0.119 e. The van der Waals surface area contributed by atoms with Crippen LogP contribution in [0.25, 0.3) is 0 Å². The van der Waals surface area contributed by atoms with Gasteiger partial charge in [0.15, 0.2) is 0 Å². The van der Waals surface area contributed by atoms with E-state index in [1.54, 1.807) is 0 Å². The van der Waals surface area contributed by atoms with Crippen molar-refractivity contribution in [3.05, 3.63) is 29.8 Å². The van der Waals surface area contributed by atoms with Crippen LogP contribution in [-0.4, -0.2) is 11.2 Å². The van der Waals surface area contributed by atoms with Crippen molar-refractivity contribution in [2.75, 3.05) is 0 Å². The molecule has 88 valence electrons. The third-order valence-electron chi connectivity index (χ3n) is 2.84. The van der Waals surface area contributed by atoms with Crippen LogP contribution in [0.15, 0.2) is 24.3 Å². The number of benzene rings is 1. The molecule has 0 radical (unpaired) electrons. The zero-order chi connectivity index (χ0) is 11.8. The van der Waals surface area contributed by atoms with Gasteiger partial charge in [-0.1, -0.05) is 32.9 Å². The molecule has 16 heavy (non-hydrogen) atoms. The second-order valence-corrected chi connectivity index (χ2v) is 5.65. The van der Waals surface area contributed by atoms with E-state index in [4.69, 9.17) is 4.74 Å². The SMILES string of the molecule is CC(C)(C)C(O)c1ccc(OC2CC2)cc1. The molecule has 1 N–H and O–H groups in total. The van der Waals surface area contributed by atoms with Crippen LogP contribution in [0.5, 0.6) is 5.75 Å². The molecule has 0 amide bonds. The van der Waals surface area contributed by atoms with Crippen molar-refractivity contribution < 1.29 is 9.84 Å². The summed E-state index contributed by atoms with van der Waals surface area (Å²) in [5.41, 5.74) is 0.828. The minimum atomic E-state index is -0.428. The molecule has 1 aromatic rings. The van der Waals surface area contributed by atoms with E-state index in [9.17, 15) is 5.11 Å².